The molecule has 1 amide bonds. The normalized spacial score (nSPS) is 22.4. The van der Waals surface area contributed by atoms with Gasteiger partial charge in [0.1, 0.15) is 0 Å². The molecule has 0 radical (unpaired) electrons. The maximum absolute atomic E-state index is 13.8. The smallest absolute Gasteiger partial charge is 0.239 e. The fraction of sp³-hybridized carbons (Fsp3) is 0.611. The zero-order chi connectivity index (χ0) is 16.9. The van der Waals surface area contributed by atoms with Crippen molar-refractivity contribution in [2.24, 2.45) is 0 Å². The molecular formula is C18H26FN3O2. The van der Waals surface area contributed by atoms with E-state index in [1.807, 2.05) is 11.0 Å². The molecule has 1 unspecified atom stereocenters. The molecule has 24 heavy (non-hydrogen) atoms. The first-order valence-corrected chi connectivity index (χ1v) is 8.74. The van der Waals surface area contributed by atoms with Crippen LogP contribution in [0, 0.1) is 5.82 Å². The summed E-state index contributed by atoms with van der Waals surface area (Å²) in [4.78, 5) is 16.7. The third-order valence-electron chi connectivity index (χ3n) is 4.91. The van der Waals surface area contributed by atoms with Crippen LogP contribution in [-0.2, 0) is 11.3 Å². The second kappa shape index (κ2) is 7.94. The fourth-order valence-electron chi connectivity index (χ4n) is 3.48. The molecule has 2 fully saturated rings. The number of amides is 1. The Bertz CT molecular complexity index is 567. The monoisotopic (exact) mass is 335 g/mol. The van der Waals surface area contributed by atoms with E-state index in [1.54, 1.807) is 6.07 Å². The lowest BCUT2D eigenvalue weighted by Crippen LogP contribution is -2.54. The van der Waals surface area contributed by atoms with Gasteiger partial charge in [-0.2, -0.15) is 0 Å². The maximum atomic E-state index is 13.8. The van der Waals surface area contributed by atoms with Crippen LogP contribution < -0.4 is 10.1 Å². The van der Waals surface area contributed by atoms with E-state index in [4.69, 9.17) is 4.74 Å². The lowest BCUT2D eigenvalue weighted by Gasteiger charge is -2.37. The third kappa shape index (κ3) is 4.05. The number of benzene rings is 1. The molecule has 0 aliphatic carbocycles. The van der Waals surface area contributed by atoms with Gasteiger partial charge >= 0.3 is 0 Å². The summed E-state index contributed by atoms with van der Waals surface area (Å²) in [5.41, 5.74) is 0.932. The second-order valence-corrected chi connectivity index (χ2v) is 6.57. The van der Waals surface area contributed by atoms with Crippen LogP contribution in [-0.4, -0.2) is 61.6 Å². The number of nitrogens with zero attached hydrogens (tertiary/aromatic N) is 2. The van der Waals surface area contributed by atoms with Crippen LogP contribution in [0.3, 0.4) is 0 Å². The minimum atomic E-state index is -0.327. The highest BCUT2D eigenvalue weighted by atomic mass is 19.1. The van der Waals surface area contributed by atoms with Crippen LogP contribution in [0.5, 0.6) is 5.75 Å². The quantitative estimate of drug-likeness (QED) is 0.908. The minimum absolute atomic E-state index is 0.000911. The van der Waals surface area contributed by atoms with Gasteiger partial charge in [-0.3, -0.25) is 9.69 Å². The maximum Gasteiger partial charge on any atom is 0.239 e. The van der Waals surface area contributed by atoms with E-state index in [0.717, 1.165) is 57.5 Å². The molecule has 2 aliphatic heterocycles. The molecule has 3 rings (SSSR count). The van der Waals surface area contributed by atoms with Gasteiger partial charge in [0.05, 0.1) is 13.2 Å². The summed E-state index contributed by atoms with van der Waals surface area (Å²) >= 11 is 0. The van der Waals surface area contributed by atoms with Crippen molar-refractivity contribution in [2.75, 3.05) is 39.8 Å². The number of hydrogen-bond acceptors (Lipinski definition) is 4. The topological polar surface area (TPSA) is 44.8 Å². The molecular weight excluding hydrogens is 309 g/mol. The molecule has 6 heteroatoms. The van der Waals surface area contributed by atoms with Crippen molar-refractivity contribution in [2.45, 2.75) is 31.8 Å². The van der Waals surface area contributed by atoms with Gasteiger partial charge < -0.3 is 15.0 Å². The van der Waals surface area contributed by atoms with Gasteiger partial charge in [0.25, 0.3) is 0 Å². The number of methoxy groups -OCH3 is 1. The van der Waals surface area contributed by atoms with E-state index >= 15 is 0 Å². The number of carbonyl (C=O) groups is 1. The van der Waals surface area contributed by atoms with Crippen LogP contribution in [0.1, 0.15) is 24.8 Å². The lowest BCUT2D eigenvalue weighted by molar-refractivity contribution is -0.135. The fourth-order valence-corrected chi connectivity index (χ4v) is 3.48. The summed E-state index contributed by atoms with van der Waals surface area (Å²) in [7, 11) is 1.47. The zero-order valence-corrected chi connectivity index (χ0v) is 14.3. The number of piperazine rings is 1. The molecule has 5 nitrogen and oxygen atoms in total. The summed E-state index contributed by atoms with van der Waals surface area (Å²) in [6, 6.07) is 5.09. The average Bonchev–Trinajstić information content (AvgIpc) is 2.63. The first-order valence-electron chi connectivity index (χ1n) is 8.74. The number of hydrogen-bond donors (Lipinski definition) is 1. The van der Waals surface area contributed by atoms with E-state index in [-0.39, 0.29) is 23.5 Å². The molecule has 1 atom stereocenters. The molecule has 1 aromatic carbocycles. The van der Waals surface area contributed by atoms with Gasteiger partial charge in [0, 0.05) is 32.7 Å². The lowest BCUT2D eigenvalue weighted by atomic mass is 10.0. The van der Waals surface area contributed by atoms with Gasteiger partial charge in [-0.25, -0.2) is 4.39 Å². The third-order valence-corrected chi connectivity index (χ3v) is 4.91. The van der Waals surface area contributed by atoms with Crippen molar-refractivity contribution in [3.63, 3.8) is 0 Å². The van der Waals surface area contributed by atoms with E-state index in [9.17, 15) is 9.18 Å². The number of carbonyl (C=O) groups excluding carboxylic acids is 1. The van der Waals surface area contributed by atoms with Gasteiger partial charge in [-0.15, -0.1) is 0 Å². The number of halogens is 1. The number of ether oxygens (including phenoxy) is 1. The summed E-state index contributed by atoms with van der Waals surface area (Å²) in [6.07, 6.45) is 3.24. The first kappa shape index (κ1) is 17.2. The van der Waals surface area contributed by atoms with Gasteiger partial charge in [0.2, 0.25) is 5.91 Å². The van der Waals surface area contributed by atoms with E-state index in [0.29, 0.717) is 6.54 Å². The van der Waals surface area contributed by atoms with Crippen LogP contribution in [0.25, 0.3) is 0 Å². The summed E-state index contributed by atoms with van der Waals surface area (Å²) in [6.45, 7) is 4.79. The van der Waals surface area contributed by atoms with Gasteiger partial charge in [-0.05, 0) is 37.1 Å². The van der Waals surface area contributed by atoms with Gasteiger partial charge in [0.15, 0.2) is 11.6 Å². The largest absolute Gasteiger partial charge is 0.494 e. The molecule has 2 aliphatic rings. The van der Waals surface area contributed by atoms with Gasteiger partial charge in [-0.1, -0.05) is 12.5 Å². The zero-order valence-electron chi connectivity index (χ0n) is 14.3. The molecule has 1 N–H and O–H groups in total. The highest BCUT2D eigenvalue weighted by molar-refractivity contribution is 5.82. The molecule has 1 aromatic rings. The van der Waals surface area contributed by atoms with Crippen molar-refractivity contribution < 1.29 is 13.9 Å². The van der Waals surface area contributed by atoms with Crippen LogP contribution in [0.2, 0.25) is 0 Å². The first-order chi connectivity index (χ1) is 11.7. The Hall–Kier alpha value is -1.66. The van der Waals surface area contributed by atoms with Crippen molar-refractivity contribution in [3.8, 4) is 5.75 Å². The highest BCUT2D eigenvalue weighted by Crippen LogP contribution is 2.19. The molecule has 2 heterocycles. The molecule has 2 saturated heterocycles. The molecule has 0 aromatic heterocycles. The summed E-state index contributed by atoms with van der Waals surface area (Å²) in [5, 5.41) is 3.33. The Kier molecular flexibility index (Phi) is 5.68. The Labute approximate surface area is 142 Å². The molecule has 0 saturated carbocycles. The molecule has 0 bridgehead atoms. The highest BCUT2D eigenvalue weighted by Gasteiger charge is 2.28. The Morgan fingerprint density at radius 2 is 2.08 bits per heavy atom. The predicted molar refractivity (Wildman–Crippen MR) is 90.5 cm³/mol. The summed E-state index contributed by atoms with van der Waals surface area (Å²) in [5.74, 6) is 0.186. The van der Waals surface area contributed by atoms with Crippen LogP contribution in [0.4, 0.5) is 4.39 Å². The van der Waals surface area contributed by atoms with Crippen LogP contribution in [0.15, 0.2) is 18.2 Å². The number of nitrogens with one attached hydrogen (secondary N) is 1. The Balaban J connectivity index is 1.49. The second-order valence-electron chi connectivity index (χ2n) is 6.57. The number of piperidine rings is 1. The van der Waals surface area contributed by atoms with Crippen molar-refractivity contribution in [1.82, 2.24) is 15.1 Å². The number of rotatable bonds is 4. The van der Waals surface area contributed by atoms with Crippen molar-refractivity contribution in [3.05, 3.63) is 29.6 Å². The SMILES string of the molecule is COc1ccc(CN2CCN(C(=O)C3CCCCN3)CC2)cc1F. The Morgan fingerprint density at radius 3 is 2.71 bits per heavy atom. The van der Waals surface area contributed by atoms with Crippen LogP contribution >= 0.6 is 0 Å². The standard InChI is InChI=1S/C18H26FN3O2/c1-24-17-6-5-14(12-15(17)19)13-21-8-10-22(11-9-21)18(23)16-4-2-3-7-20-16/h5-6,12,16,20H,2-4,7-11,13H2,1H3. The average molecular weight is 335 g/mol. The molecule has 0 spiro atoms. The van der Waals surface area contributed by atoms with Crippen molar-refractivity contribution >= 4 is 5.91 Å². The minimum Gasteiger partial charge on any atom is -0.494 e. The molecule has 132 valence electrons. The predicted octanol–water partition coefficient (Wildman–Crippen LogP) is 1.62. The van der Waals surface area contributed by atoms with E-state index in [1.165, 1.54) is 13.2 Å². The Morgan fingerprint density at radius 1 is 1.29 bits per heavy atom. The van der Waals surface area contributed by atoms with E-state index in [2.05, 4.69) is 10.2 Å². The van der Waals surface area contributed by atoms with Crippen molar-refractivity contribution in [1.29, 1.82) is 0 Å². The van der Waals surface area contributed by atoms with E-state index < -0.39 is 0 Å². The summed E-state index contributed by atoms with van der Waals surface area (Å²) < 4.78 is 18.7.